The highest BCUT2D eigenvalue weighted by Gasteiger charge is 2.16. The van der Waals surface area contributed by atoms with Crippen LogP contribution in [0.2, 0.25) is 0 Å². The first kappa shape index (κ1) is 20.3. The van der Waals surface area contributed by atoms with E-state index in [1.165, 1.54) is 24.8 Å². The van der Waals surface area contributed by atoms with Crippen molar-refractivity contribution in [1.29, 1.82) is 0 Å². The van der Waals surface area contributed by atoms with E-state index in [0.29, 0.717) is 23.7 Å². The van der Waals surface area contributed by atoms with Crippen LogP contribution in [0.1, 0.15) is 29.4 Å². The molecule has 3 aromatic rings. The van der Waals surface area contributed by atoms with E-state index in [4.69, 9.17) is 4.74 Å². The molecule has 1 fully saturated rings. The van der Waals surface area contributed by atoms with Crippen molar-refractivity contribution < 1.29 is 13.9 Å². The van der Waals surface area contributed by atoms with Gasteiger partial charge in [-0.05, 0) is 25.5 Å². The zero-order valence-electron chi connectivity index (χ0n) is 16.8. The fraction of sp³-hybridized carbons (Fsp3) is 0.238. The Labute approximate surface area is 178 Å². The lowest BCUT2D eigenvalue weighted by Gasteiger charge is -2.32. The molecule has 10 heteroatoms. The third-order valence-corrected chi connectivity index (χ3v) is 4.63. The second kappa shape index (κ2) is 9.24. The van der Waals surface area contributed by atoms with E-state index in [0.717, 1.165) is 25.2 Å². The first-order valence-electron chi connectivity index (χ1n) is 9.79. The molecule has 0 saturated carbocycles. The maximum absolute atomic E-state index is 13.9. The number of nitrogens with one attached hydrogen (secondary N) is 1. The van der Waals surface area contributed by atoms with Gasteiger partial charge in [-0.25, -0.2) is 20.4 Å². The predicted molar refractivity (Wildman–Crippen MR) is 113 cm³/mol. The van der Waals surface area contributed by atoms with Gasteiger partial charge in [0.05, 0.1) is 48.4 Å². The fourth-order valence-corrected chi connectivity index (χ4v) is 2.89. The highest BCUT2D eigenvalue weighted by atomic mass is 19.1. The van der Waals surface area contributed by atoms with E-state index in [2.05, 4.69) is 35.4 Å². The fourth-order valence-electron chi connectivity index (χ4n) is 2.89. The number of carbonyl (C=O) groups excluding carboxylic acids is 1. The Kier molecular flexibility index (Phi) is 6.06. The minimum Gasteiger partial charge on any atom is -0.478 e. The molecule has 1 saturated heterocycles. The molecule has 1 aliphatic heterocycles. The van der Waals surface area contributed by atoms with Crippen LogP contribution in [0.5, 0.6) is 5.88 Å². The van der Waals surface area contributed by atoms with Crippen LogP contribution in [-0.4, -0.2) is 51.8 Å². The SMILES string of the molecule is CCOc1ccc(-c2cncc(C(=O)N/N=C/c3cc(N4CCC4)cnc3F)n2)cn1. The summed E-state index contributed by atoms with van der Waals surface area (Å²) in [6.07, 6.45) is 8.25. The van der Waals surface area contributed by atoms with Crippen LogP contribution in [0, 0.1) is 5.95 Å². The number of pyridine rings is 2. The molecule has 1 aliphatic rings. The Hall–Kier alpha value is -3.95. The van der Waals surface area contributed by atoms with Crippen LogP contribution in [-0.2, 0) is 0 Å². The van der Waals surface area contributed by atoms with Crippen molar-refractivity contribution in [3.63, 3.8) is 0 Å². The lowest BCUT2D eigenvalue weighted by molar-refractivity contribution is 0.0950. The van der Waals surface area contributed by atoms with Gasteiger partial charge in [-0.1, -0.05) is 0 Å². The number of hydrazone groups is 1. The summed E-state index contributed by atoms with van der Waals surface area (Å²) < 4.78 is 19.3. The smallest absolute Gasteiger partial charge is 0.291 e. The van der Waals surface area contributed by atoms with Crippen LogP contribution in [0.15, 0.2) is 48.1 Å². The van der Waals surface area contributed by atoms with Crippen molar-refractivity contribution in [2.75, 3.05) is 24.6 Å². The average molecular weight is 421 g/mol. The molecule has 158 valence electrons. The van der Waals surface area contributed by atoms with Crippen molar-refractivity contribution in [3.8, 4) is 17.1 Å². The quantitative estimate of drug-likeness (QED) is 0.355. The van der Waals surface area contributed by atoms with Gasteiger partial charge in [0, 0.05) is 30.9 Å². The average Bonchev–Trinajstić information content (AvgIpc) is 2.75. The van der Waals surface area contributed by atoms with Gasteiger partial charge in [0.25, 0.3) is 5.91 Å². The third kappa shape index (κ3) is 4.80. The molecule has 4 heterocycles. The third-order valence-electron chi connectivity index (χ3n) is 4.63. The lowest BCUT2D eigenvalue weighted by atomic mass is 10.2. The van der Waals surface area contributed by atoms with Gasteiger partial charge < -0.3 is 9.64 Å². The Morgan fingerprint density at radius 3 is 2.84 bits per heavy atom. The molecule has 31 heavy (non-hydrogen) atoms. The number of rotatable bonds is 7. The number of aromatic nitrogens is 4. The Morgan fingerprint density at radius 2 is 2.13 bits per heavy atom. The second-order valence-electron chi connectivity index (χ2n) is 6.72. The maximum Gasteiger partial charge on any atom is 0.291 e. The lowest BCUT2D eigenvalue weighted by Crippen LogP contribution is -2.37. The molecule has 0 atom stereocenters. The number of anilines is 1. The number of amides is 1. The normalized spacial score (nSPS) is 13.2. The highest BCUT2D eigenvalue weighted by Crippen LogP contribution is 2.21. The van der Waals surface area contributed by atoms with Crippen molar-refractivity contribution in [1.82, 2.24) is 25.4 Å². The van der Waals surface area contributed by atoms with Crippen LogP contribution >= 0.6 is 0 Å². The summed E-state index contributed by atoms with van der Waals surface area (Å²) in [5, 5.41) is 3.84. The molecule has 9 nitrogen and oxygen atoms in total. The Balaban J connectivity index is 1.44. The van der Waals surface area contributed by atoms with Crippen molar-refractivity contribution >= 4 is 17.8 Å². The van der Waals surface area contributed by atoms with Gasteiger partial charge in [0.15, 0.2) is 0 Å². The summed E-state index contributed by atoms with van der Waals surface area (Å²) in [5.74, 6) is -0.730. The molecular weight excluding hydrogens is 401 g/mol. The summed E-state index contributed by atoms with van der Waals surface area (Å²) in [7, 11) is 0. The Bertz CT molecular complexity index is 1100. The van der Waals surface area contributed by atoms with Crippen LogP contribution in [0.25, 0.3) is 11.3 Å². The van der Waals surface area contributed by atoms with Gasteiger partial charge in [0.2, 0.25) is 11.8 Å². The molecule has 0 spiro atoms. The monoisotopic (exact) mass is 421 g/mol. The summed E-state index contributed by atoms with van der Waals surface area (Å²) in [4.78, 5) is 30.8. The van der Waals surface area contributed by atoms with E-state index in [1.807, 2.05) is 6.92 Å². The molecule has 3 aromatic heterocycles. The van der Waals surface area contributed by atoms with Crippen LogP contribution in [0.3, 0.4) is 0 Å². The molecule has 0 bridgehead atoms. The van der Waals surface area contributed by atoms with Crippen molar-refractivity contribution in [2.45, 2.75) is 13.3 Å². The largest absolute Gasteiger partial charge is 0.478 e. The van der Waals surface area contributed by atoms with Gasteiger partial charge in [-0.2, -0.15) is 9.49 Å². The Morgan fingerprint density at radius 1 is 1.26 bits per heavy atom. The van der Waals surface area contributed by atoms with Gasteiger partial charge >= 0.3 is 0 Å². The van der Waals surface area contributed by atoms with E-state index in [-0.39, 0.29) is 11.3 Å². The van der Waals surface area contributed by atoms with Gasteiger partial charge in [-0.3, -0.25) is 9.78 Å². The summed E-state index contributed by atoms with van der Waals surface area (Å²) in [5.41, 5.74) is 4.58. The summed E-state index contributed by atoms with van der Waals surface area (Å²) in [6.45, 7) is 4.23. The molecule has 0 aliphatic carbocycles. The molecule has 4 rings (SSSR count). The number of hydrogen-bond donors (Lipinski definition) is 1. The zero-order valence-corrected chi connectivity index (χ0v) is 16.8. The standard InChI is InChI=1S/C21H20FN7O2/c1-2-31-19-5-4-14(9-24-19)17-12-23-13-18(27-17)21(30)28-26-10-15-8-16(11-25-20(15)22)29-6-3-7-29/h4-5,8-13H,2-3,6-7H2,1H3,(H,28,30)/b26-10+. The van der Waals surface area contributed by atoms with Crippen molar-refractivity contribution in [3.05, 3.63) is 60.2 Å². The van der Waals surface area contributed by atoms with Crippen molar-refractivity contribution in [2.24, 2.45) is 5.10 Å². The number of ether oxygens (including phenoxy) is 1. The minimum absolute atomic E-state index is 0.0662. The second-order valence-corrected chi connectivity index (χ2v) is 6.72. The summed E-state index contributed by atoms with van der Waals surface area (Å²) in [6, 6.07) is 5.15. The number of carbonyl (C=O) groups is 1. The minimum atomic E-state index is -0.660. The van der Waals surface area contributed by atoms with Crippen LogP contribution in [0.4, 0.5) is 10.1 Å². The zero-order chi connectivity index (χ0) is 21.6. The van der Waals surface area contributed by atoms with Gasteiger partial charge in [-0.15, -0.1) is 0 Å². The number of nitrogens with zero attached hydrogens (tertiary/aromatic N) is 6. The van der Waals surface area contributed by atoms with E-state index >= 15 is 0 Å². The molecule has 1 amide bonds. The maximum atomic E-state index is 13.9. The molecular formula is C21H20FN7O2. The predicted octanol–water partition coefficient (Wildman–Crippen LogP) is 2.45. The highest BCUT2D eigenvalue weighted by molar-refractivity contribution is 5.93. The molecule has 0 radical (unpaired) electrons. The molecule has 0 unspecified atom stereocenters. The topological polar surface area (TPSA) is 105 Å². The van der Waals surface area contributed by atoms with Gasteiger partial charge in [0.1, 0.15) is 5.69 Å². The van der Waals surface area contributed by atoms with Crippen LogP contribution < -0.4 is 15.1 Å². The van der Waals surface area contributed by atoms with E-state index < -0.39 is 11.9 Å². The first-order valence-corrected chi connectivity index (χ1v) is 9.79. The molecule has 0 aromatic carbocycles. The van der Waals surface area contributed by atoms with E-state index in [9.17, 15) is 9.18 Å². The number of hydrogen-bond acceptors (Lipinski definition) is 8. The first-order chi connectivity index (χ1) is 15.1. The number of halogens is 1. The molecule has 1 N–H and O–H groups in total. The van der Waals surface area contributed by atoms with E-state index in [1.54, 1.807) is 24.4 Å². The summed E-state index contributed by atoms with van der Waals surface area (Å²) >= 11 is 0.